The van der Waals surface area contributed by atoms with E-state index in [1.165, 1.54) is 24.8 Å². The highest BCUT2D eigenvalue weighted by atomic mass is 15.3. The van der Waals surface area contributed by atoms with Crippen molar-refractivity contribution in [3.05, 3.63) is 18.0 Å². The number of aryl methyl sites for hydroxylation is 1. The van der Waals surface area contributed by atoms with E-state index in [1.807, 2.05) is 6.20 Å². The van der Waals surface area contributed by atoms with Crippen LogP contribution >= 0.6 is 0 Å². The van der Waals surface area contributed by atoms with Crippen molar-refractivity contribution < 1.29 is 0 Å². The summed E-state index contributed by atoms with van der Waals surface area (Å²) in [6.07, 6.45) is 7.95. The fourth-order valence-electron chi connectivity index (χ4n) is 2.59. The van der Waals surface area contributed by atoms with Crippen LogP contribution in [0.2, 0.25) is 0 Å². The summed E-state index contributed by atoms with van der Waals surface area (Å²) in [6.45, 7) is 4.44. The Morgan fingerprint density at radius 2 is 2.27 bits per heavy atom. The van der Waals surface area contributed by atoms with Crippen LogP contribution in [0, 0.1) is 12.8 Å². The molecule has 0 bridgehead atoms. The Morgan fingerprint density at radius 1 is 1.47 bits per heavy atom. The third kappa shape index (κ3) is 2.23. The average Bonchev–Trinajstić information content (AvgIpc) is 2.65. The van der Waals surface area contributed by atoms with Gasteiger partial charge in [0.25, 0.3) is 0 Å². The number of hydrogen-bond donors (Lipinski definition) is 1. The van der Waals surface area contributed by atoms with Gasteiger partial charge in [-0.2, -0.15) is 5.10 Å². The van der Waals surface area contributed by atoms with Gasteiger partial charge in [0.1, 0.15) is 0 Å². The molecular formula is C12H21N3. The maximum Gasteiger partial charge on any atom is 0.0674 e. The quantitative estimate of drug-likeness (QED) is 0.805. The summed E-state index contributed by atoms with van der Waals surface area (Å²) >= 11 is 0. The summed E-state index contributed by atoms with van der Waals surface area (Å²) in [5.41, 5.74) is 1.25. The van der Waals surface area contributed by atoms with E-state index in [-0.39, 0.29) is 0 Å². The van der Waals surface area contributed by atoms with E-state index >= 15 is 0 Å². The summed E-state index contributed by atoms with van der Waals surface area (Å²) in [7, 11) is 2.06. The van der Waals surface area contributed by atoms with Gasteiger partial charge in [-0.25, -0.2) is 0 Å². The summed E-state index contributed by atoms with van der Waals surface area (Å²) in [4.78, 5) is 0. The normalized spacial score (nSPS) is 31.8. The van der Waals surface area contributed by atoms with E-state index in [0.717, 1.165) is 5.92 Å². The van der Waals surface area contributed by atoms with Crippen molar-refractivity contribution in [1.29, 1.82) is 0 Å². The fraction of sp³-hybridized carbons (Fsp3) is 0.750. The molecule has 0 radical (unpaired) electrons. The van der Waals surface area contributed by atoms with Crippen LogP contribution in [0.25, 0.3) is 0 Å². The molecule has 1 aliphatic carbocycles. The van der Waals surface area contributed by atoms with E-state index in [2.05, 4.69) is 42.2 Å². The first-order valence-electron chi connectivity index (χ1n) is 5.88. The van der Waals surface area contributed by atoms with E-state index < -0.39 is 0 Å². The Kier molecular flexibility index (Phi) is 3.10. The number of nitrogens with one attached hydrogen (secondary N) is 1. The first kappa shape index (κ1) is 10.7. The van der Waals surface area contributed by atoms with Gasteiger partial charge in [-0.1, -0.05) is 6.92 Å². The van der Waals surface area contributed by atoms with Crippen LogP contribution in [0.5, 0.6) is 0 Å². The van der Waals surface area contributed by atoms with Crippen molar-refractivity contribution in [2.75, 3.05) is 7.05 Å². The molecule has 0 amide bonds. The molecule has 3 nitrogen and oxygen atoms in total. The van der Waals surface area contributed by atoms with Gasteiger partial charge in [0.05, 0.1) is 12.2 Å². The van der Waals surface area contributed by atoms with Gasteiger partial charge in [-0.05, 0) is 44.7 Å². The second-order valence-corrected chi connectivity index (χ2v) is 4.88. The minimum Gasteiger partial charge on any atom is -0.315 e. The smallest absolute Gasteiger partial charge is 0.0674 e. The molecule has 0 aliphatic heterocycles. The van der Waals surface area contributed by atoms with Crippen molar-refractivity contribution in [2.45, 2.75) is 45.2 Å². The van der Waals surface area contributed by atoms with Crippen LogP contribution in [0.3, 0.4) is 0 Å². The number of hydrogen-bond acceptors (Lipinski definition) is 2. The maximum absolute atomic E-state index is 4.45. The maximum atomic E-state index is 4.45. The Hall–Kier alpha value is -0.830. The third-order valence-electron chi connectivity index (χ3n) is 3.52. The summed E-state index contributed by atoms with van der Waals surface area (Å²) < 4.78 is 2.14. The first-order chi connectivity index (χ1) is 7.20. The molecular weight excluding hydrogens is 186 g/mol. The van der Waals surface area contributed by atoms with Gasteiger partial charge in [-0.15, -0.1) is 0 Å². The van der Waals surface area contributed by atoms with Gasteiger partial charge in [-0.3, -0.25) is 4.68 Å². The second-order valence-electron chi connectivity index (χ2n) is 4.88. The van der Waals surface area contributed by atoms with E-state index in [1.54, 1.807) is 0 Å². The molecule has 3 atom stereocenters. The zero-order valence-corrected chi connectivity index (χ0v) is 9.90. The van der Waals surface area contributed by atoms with Crippen LogP contribution in [0.15, 0.2) is 12.4 Å². The molecule has 2 rings (SSSR count). The molecule has 84 valence electrons. The molecule has 1 aliphatic rings. The average molecular weight is 207 g/mol. The number of nitrogens with zero attached hydrogens (tertiary/aromatic N) is 2. The fourth-order valence-corrected chi connectivity index (χ4v) is 2.59. The topological polar surface area (TPSA) is 29.9 Å². The lowest BCUT2D eigenvalue weighted by Crippen LogP contribution is -2.39. The number of rotatable bonds is 2. The molecule has 1 heterocycles. The summed E-state index contributed by atoms with van der Waals surface area (Å²) in [5, 5.41) is 7.87. The Balaban J connectivity index is 2.16. The van der Waals surface area contributed by atoms with Crippen molar-refractivity contribution >= 4 is 0 Å². The molecule has 0 aromatic carbocycles. The molecule has 3 unspecified atom stereocenters. The van der Waals surface area contributed by atoms with Crippen molar-refractivity contribution in [2.24, 2.45) is 5.92 Å². The van der Waals surface area contributed by atoms with Crippen molar-refractivity contribution in [3.63, 3.8) is 0 Å². The standard InChI is InChI=1S/C12H21N3/c1-9-4-5-11(13-3)12(6-9)15-8-10(2)7-14-15/h7-9,11-13H,4-6H2,1-3H3. The molecule has 15 heavy (non-hydrogen) atoms. The summed E-state index contributed by atoms with van der Waals surface area (Å²) in [6, 6.07) is 1.12. The zero-order chi connectivity index (χ0) is 10.8. The highest BCUT2D eigenvalue weighted by Gasteiger charge is 2.29. The molecule has 1 fully saturated rings. The largest absolute Gasteiger partial charge is 0.315 e. The highest BCUT2D eigenvalue weighted by molar-refractivity contribution is 5.02. The molecule has 1 aromatic heterocycles. The van der Waals surface area contributed by atoms with Crippen LogP contribution in [-0.2, 0) is 0 Å². The zero-order valence-electron chi connectivity index (χ0n) is 9.90. The predicted octanol–water partition coefficient (Wildman–Crippen LogP) is 2.14. The van der Waals surface area contributed by atoms with Gasteiger partial charge in [0.15, 0.2) is 0 Å². The van der Waals surface area contributed by atoms with Crippen molar-refractivity contribution in [1.82, 2.24) is 15.1 Å². The summed E-state index contributed by atoms with van der Waals surface area (Å²) in [5.74, 6) is 0.823. The van der Waals surface area contributed by atoms with E-state index in [0.29, 0.717) is 12.1 Å². The van der Waals surface area contributed by atoms with Crippen LogP contribution in [0.4, 0.5) is 0 Å². The highest BCUT2D eigenvalue weighted by Crippen LogP contribution is 2.32. The van der Waals surface area contributed by atoms with Crippen LogP contribution in [-0.4, -0.2) is 22.9 Å². The molecule has 0 spiro atoms. The van der Waals surface area contributed by atoms with E-state index in [4.69, 9.17) is 0 Å². The lowest BCUT2D eigenvalue weighted by molar-refractivity contribution is 0.210. The Labute approximate surface area is 91.9 Å². The van der Waals surface area contributed by atoms with Crippen LogP contribution in [0.1, 0.15) is 37.8 Å². The molecule has 1 N–H and O–H groups in total. The minimum absolute atomic E-state index is 0.535. The third-order valence-corrected chi connectivity index (χ3v) is 3.52. The van der Waals surface area contributed by atoms with Crippen LogP contribution < -0.4 is 5.32 Å². The lowest BCUT2D eigenvalue weighted by Gasteiger charge is -2.34. The number of aromatic nitrogens is 2. The molecule has 0 saturated heterocycles. The van der Waals surface area contributed by atoms with Gasteiger partial charge >= 0.3 is 0 Å². The van der Waals surface area contributed by atoms with E-state index in [9.17, 15) is 0 Å². The SMILES string of the molecule is CNC1CCC(C)CC1n1cc(C)cn1. The molecule has 1 aromatic rings. The van der Waals surface area contributed by atoms with Gasteiger partial charge < -0.3 is 5.32 Å². The minimum atomic E-state index is 0.535. The Bertz CT molecular complexity index is 318. The second kappa shape index (κ2) is 4.35. The monoisotopic (exact) mass is 207 g/mol. The van der Waals surface area contributed by atoms with Gasteiger partial charge in [0.2, 0.25) is 0 Å². The Morgan fingerprint density at radius 3 is 2.87 bits per heavy atom. The first-order valence-corrected chi connectivity index (χ1v) is 5.88. The lowest BCUT2D eigenvalue weighted by atomic mass is 9.83. The predicted molar refractivity (Wildman–Crippen MR) is 61.9 cm³/mol. The number of likely N-dealkylation sites (N-methyl/N-ethyl adjacent to an activating group) is 1. The molecule has 1 saturated carbocycles. The molecule has 3 heteroatoms. The van der Waals surface area contributed by atoms with Crippen molar-refractivity contribution in [3.8, 4) is 0 Å². The van der Waals surface area contributed by atoms with Gasteiger partial charge in [0, 0.05) is 12.2 Å².